The molecule has 1 saturated heterocycles. The van der Waals surface area contributed by atoms with Crippen molar-refractivity contribution in [1.82, 2.24) is 4.90 Å². The van der Waals surface area contributed by atoms with Crippen LogP contribution in [0, 0.1) is 16.0 Å². The first-order valence-electron chi connectivity index (χ1n) is 10.3. The quantitative estimate of drug-likeness (QED) is 0.562. The van der Waals surface area contributed by atoms with Crippen molar-refractivity contribution in [3.05, 3.63) is 52.1 Å². The maximum atomic E-state index is 13.1. The minimum Gasteiger partial charge on any atom is -0.454 e. The molecule has 1 N–H and O–H groups in total. The van der Waals surface area contributed by atoms with Gasteiger partial charge in [-0.05, 0) is 31.0 Å². The summed E-state index contributed by atoms with van der Waals surface area (Å²) >= 11 is 0. The van der Waals surface area contributed by atoms with Crippen molar-refractivity contribution in [3.63, 3.8) is 0 Å². The largest absolute Gasteiger partial charge is 0.454 e. The zero-order valence-electron chi connectivity index (χ0n) is 17.9. The highest BCUT2D eigenvalue weighted by atomic mass is 16.7. The Balaban J connectivity index is 1.40. The van der Waals surface area contributed by atoms with Crippen LogP contribution in [0.15, 0.2) is 36.4 Å². The number of amides is 2. The molecule has 32 heavy (non-hydrogen) atoms. The lowest BCUT2D eigenvalue weighted by atomic mass is 9.95. The van der Waals surface area contributed by atoms with Gasteiger partial charge in [-0.25, -0.2) is 0 Å². The number of rotatable bonds is 5. The van der Waals surface area contributed by atoms with Crippen molar-refractivity contribution in [1.29, 1.82) is 0 Å². The van der Waals surface area contributed by atoms with E-state index in [0.717, 1.165) is 0 Å². The van der Waals surface area contributed by atoms with Gasteiger partial charge in [0.15, 0.2) is 11.5 Å². The summed E-state index contributed by atoms with van der Waals surface area (Å²) in [5, 5.41) is 14.1. The third-order valence-corrected chi connectivity index (χ3v) is 5.70. The summed E-state index contributed by atoms with van der Waals surface area (Å²) in [6.07, 6.45) is 1.02. The van der Waals surface area contributed by atoms with Crippen LogP contribution in [0.25, 0.3) is 0 Å². The van der Waals surface area contributed by atoms with Crippen LogP contribution in [-0.4, -0.2) is 55.6 Å². The molecule has 0 aromatic heterocycles. The molecular weight excluding hydrogens is 416 g/mol. The summed E-state index contributed by atoms with van der Waals surface area (Å²) in [6, 6.07) is 9.52. The first-order chi connectivity index (χ1) is 15.3. The van der Waals surface area contributed by atoms with Gasteiger partial charge < -0.3 is 24.6 Å². The average molecular weight is 440 g/mol. The van der Waals surface area contributed by atoms with Crippen molar-refractivity contribution in [3.8, 4) is 11.5 Å². The molecule has 4 rings (SSSR count). The number of fused-ring (bicyclic) bond motifs is 1. The van der Waals surface area contributed by atoms with E-state index in [4.69, 9.17) is 9.47 Å². The fourth-order valence-corrected chi connectivity index (χ4v) is 3.93. The van der Waals surface area contributed by atoms with Crippen LogP contribution in [0.4, 0.5) is 17.1 Å². The van der Waals surface area contributed by atoms with Gasteiger partial charge in [-0.15, -0.1) is 0 Å². The Bertz CT molecular complexity index is 1060. The number of ether oxygens (including phenoxy) is 2. The van der Waals surface area contributed by atoms with E-state index in [1.165, 1.54) is 12.1 Å². The molecule has 0 bridgehead atoms. The Morgan fingerprint density at radius 3 is 2.50 bits per heavy atom. The van der Waals surface area contributed by atoms with Gasteiger partial charge in [0.2, 0.25) is 12.7 Å². The molecular formula is C22H24N4O6. The van der Waals surface area contributed by atoms with Crippen molar-refractivity contribution in [2.45, 2.75) is 12.8 Å². The van der Waals surface area contributed by atoms with Crippen LogP contribution in [0.2, 0.25) is 0 Å². The Kier molecular flexibility index (Phi) is 5.85. The molecule has 2 aliphatic heterocycles. The van der Waals surface area contributed by atoms with Gasteiger partial charge in [-0.1, -0.05) is 0 Å². The number of nitro benzene ring substituents is 1. The molecule has 2 heterocycles. The number of nitrogens with one attached hydrogen (secondary N) is 1. The number of non-ortho nitro benzene ring substituents is 1. The standard InChI is InChI=1S/C22H24N4O6/c1-24(2)18-5-4-16(26(29)30)12-17(18)22(28)25-9-7-14(8-10-25)21(27)23-15-3-6-19-20(11-15)32-13-31-19/h3-6,11-12,14H,7-10,13H2,1-2H3,(H,23,27). The topological polar surface area (TPSA) is 114 Å². The zero-order chi connectivity index (χ0) is 22.8. The van der Waals surface area contributed by atoms with Crippen molar-refractivity contribution in [2.75, 3.05) is 44.2 Å². The SMILES string of the molecule is CN(C)c1ccc([N+](=O)[O-])cc1C(=O)N1CCC(C(=O)Nc2ccc3c(c2)OCO3)CC1. The molecule has 2 aromatic carbocycles. The number of likely N-dealkylation sites (tertiary alicyclic amines) is 1. The predicted octanol–water partition coefficient (Wildman–Crippen LogP) is 2.88. The second kappa shape index (κ2) is 8.74. The zero-order valence-corrected chi connectivity index (χ0v) is 17.9. The van der Waals surface area contributed by atoms with E-state index in [-0.39, 0.29) is 35.8 Å². The number of hydrogen-bond donors (Lipinski definition) is 1. The van der Waals surface area contributed by atoms with E-state index >= 15 is 0 Å². The lowest BCUT2D eigenvalue weighted by Gasteiger charge is -2.32. The Labute approximate surface area is 184 Å². The van der Waals surface area contributed by atoms with Gasteiger partial charge >= 0.3 is 0 Å². The molecule has 1 fully saturated rings. The summed E-state index contributed by atoms with van der Waals surface area (Å²) in [5.74, 6) is 0.625. The molecule has 0 aliphatic carbocycles. The molecule has 2 aliphatic rings. The third kappa shape index (κ3) is 4.29. The summed E-state index contributed by atoms with van der Waals surface area (Å²) in [4.78, 5) is 39.9. The normalized spacial score (nSPS) is 15.4. The number of nitro groups is 1. The monoisotopic (exact) mass is 440 g/mol. The molecule has 0 spiro atoms. The number of nitrogens with zero attached hydrogens (tertiary/aromatic N) is 3. The van der Waals surface area contributed by atoms with Crippen molar-refractivity contribution < 1.29 is 24.0 Å². The van der Waals surface area contributed by atoms with E-state index in [1.54, 1.807) is 48.2 Å². The lowest BCUT2D eigenvalue weighted by Crippen LogP contribution is -2.41. The number of benzene rings is 2. The molecule has 10 nitrogen and oxygen atoms in total. The molecule has 0 radical (unpaired) electrons. The van der Waals surface area contributed by atoms with Crippen molar-refractivity contribution >= 4 is 28.9 Å². The van der Waals surface area contributed by atoms with Gasteiger partial charge in [0.05, 0.1) is 10.5 Å². The first-order valence-corrected chi connectivity index (χ1v) is 10.3. The number of hydrogen-bond acceptors (Lipinski definition) is 7. The van der Waals surface area contributed by atoms with Crippen LogP contribution >= 0.6 is 0 Å². The molecule has 10 heteroatoms. The maximum absolute atomic E-state index is 13.1. The van der Waals surface area contributed by atoms with Crippen LogP contribution in [0.5, 0.6) is 11.5 Å². The van der Waals surface area contributed by atoms with Gasteiger partial charge in [-0.2, -0.15) is 0 Å². The molecule has 0 unspecified atom stereocenters. The highest BCUT2D eigenvalue weighted by molar-refractivity contribution is 6.01. The van der Waals surface area contributed by atoms with E-state index in [9.17, 15) is 19.7 Å². The van der Waals surface area contributed by atoms with Crippen LogP contribution < -0.4 is 19.7 Å². The van der Waals surface area contributed by atoms with Crippen LogP contribution in [0.1, 0.15) is 23.2 Å². The lowest BCUT2D eigenvalue weighted by molar-refractivity contribution is -0.384. The summed E-state index contributed by atoms with van der Waals surface area (Å²) in [6.45, 7) is 0.959. The van der Waals surface area contributed by atoms with Crippen LogP contribution in [-0.2, 0) is 4.79 Å². The number of anilines is 2. The van der Waals surface area contributed by atoms with E-state index in [1.807, 2.05) is 0 Å². The van der Waals surface area contributed by atoms with Gasteiger partial charge in [0.1, 0.15) is 0 Å². The maximum Gasteiger partial charge on any atom is 0.270 e. The van der Waals surface area contributed by atoms with E-state index in [2.05, 4.69) is 5.32 Å². The summed E-state index contributed by atoms with van der Waals surface area (Å²) in [7, 11) is 3.56. The fourth-order valence-electron chi connectivity index (χ4n) is 3.93. The van der Waals surface area contributed by atoms with E-state index < -0.39 is 4.92 Å². The second-order valence-corrected chi connectivity index (χ2v) is 7.98. The minimum atomic E-state index is -0.511. The Hall–Kier alpha value is -3.82. The molecule has 2 amide bonds. The first kappa shape index (κ1) is 21.4. The molecule has 0 atom stereocenters. The van der Waals surface area contributed by atoms with Crippen LogP contribution in [0.3, 0.4) is 0 Å². The minimum absolute atomic E-state index is 0.111. The fraction of sp³-hybridized carbons (Fsp3) is 0.364. The van der Waals surface area contributed by atoms with Gasteiger partial charge in [0.25, 0.3) is 11.6 Å². The summed E-state index contributed by atoms with van der Waals surface area (Å²) in [5.41, 5.74) is 1.40. The Morgan fingerprint density at radius 2 is 1.81 bits per heavy atom. The highest BCUT2D eigenvalue weighted by Crippen LogP contribution is 2.34. The smallest absolute Gasteiger partial charge is 0.270 e. The molecule has 168 valence electrons. The average Bonchev–Trinajstić information content (AvgIpc) is 3.26. The molecule has 0 saturated carbocycles. The number of carbonyl (C=O) groups excluding carboxylic acids is 2. The Morgan fingerprint density at radius 1 is 1.09 bits per heavy atom. The predicted molar refractivity (Wildman–Crippen MR) is 117 cm³/mol. The third-order valence-electron chi connectivity index (χ3n) is 5.70. The van der Waals surface area contributed by atoms with Crippen molar-refractivity contribution in [2.24, 2.45) is 5.92 Å². The van der Waals surface area contributed by atoms with Gasteiger partial charge in [-0.3, -0.25) is 19.7 Å². The highest BCUT2D eigenvalue weighted by Gasteiger charge is 2.30. The van der Waals surface area contributed by atoms with Gasteiger partial charge in [0, 0.05) is 62.7 Å². The molecule has 2 aromatic rings. The second-order valence-electron chi connectivity index (χ2n) is 7.98. The van der Waals surface area contributed by atoms with E-state index in [0.29, 0.717) is 48.8 Å². The number of piperidine rings is 1. The summed E-state index contributed by atoms with van der Waals surface area (Å²) < 4.78 is 10.6. The number of carbonyl (C=O) groups is 2.